The average Bonchev–Trinajstić information content (AvgIpc) is 2.03. The summed E-state index contributed by atoms with van der Waals surface area (Å²) < 4.78 is 5.40. The second kappa shape index (κ2) is 6.69. The van der Waals surface area contributed by atoms with Gasteiger partial charge in [0.2, 0.25) is 0 Å². The zero-order valence-corrected chi connectivity index (χ0v) is 8.71. The van der Waals surface area contributed by atoms with Crippen molar-refractivity contribution in [2.45, 2.75) is 20.0 Å². The molecule has 0 saturated carbocycles. The molecule has 0 heterocycles. The minimum atomic E-state index is 0. The summed E-state index contributed by atoms with van der Waals surface area (Å²) in [5.74, 6) is 0. The molecule has 1 aromatic rings. The number of benzene rings is 1. The van der Waals surface area contributed by atoms with E-state index in [4.69, 9.17) is 4.52 Å². The van der Waals surface area contributed by atoms with E-state index in [2.05, 4.69) is 12.1 Å². The van der Waals surface area contributed by atoms with E-state index in [1.807, 2.05) is 32.0 Å². The third kappa shape index (κ3) is 4.96. The van der Waals surface area contributed by atoms with E-state index >= 15 is 0 Å². The van der Waals surface area contributed by atoms with Crippen LogP contribution in [0.2, 0.25) is 0 Å². The summed E-state index contributed by atoms with van der Waals surface area (Å²) in [4.78, 5) is 0. The van der Waals surface area contributed by atoms with E-state index < -0.39 is 0 Å². The van der Waals surface area contributed by atoms with Crippen LogP contribution < -0.4 is 24.2 Å². The predicted octanol–water partition coefficient (Wildman–Crippen LogP) is -0.398. The van der Waals surface area contributed by atoms with E-state index in [9.17, 15) is 0 Å². The van der Waals surface area contributed by atoms with Gasteiger partial charge in [0, 0.05) is 6.10 Å². The molecule has 0 atom stereocenters. The second-order valence-corrected chi connectivity index (χ2v) is 3.49. The van der Waals surface area contributed by atoms with Crippen LogP contribution in [0, 0.1) is 0 Å². The Balaban J connectivity index is 0.00000121. The fourth-order valence-electron chi connectivity index (χ4n) is 0.655. The molecular formula is C9H12LiOP. The minimum Gasteiger partial charge on any atom is -0.551 e. The van der Waals surface area contributed by atoms with Crippen LogP contribution in [0.15, 0.2) is 30.3 Å². The first-order valence-corrected chi connectivity index (χ1v) is 4.52. The van der Waals surface area contributed by atoms with Gasteiger partial charge >= 0.3 is 18.9 Å². The van der Waals surface area contributed by atoms with Crippen molar-refractivity contribution >= 4 is 14.1 Å². The van der Waals surface area contributed by atoms with Crippen molar-refractivity contribution in [3.05, 3.63) is 30.3 Å². The van der Waals surface area contributed by atoms with Gasteiger partial charge in [0.1, 0.15) is 0 Å². The van der Waals surface area contributed by atoms with Crippen LogP contribution in [0.5, 0.6) is 0 Å². The monoisotopic (exact) mass is 174 g/mol. The van der Waals surface area contributed by atoms with Crippen molar-refractivity contribution in [2.24, 2.45) is 0 Å². The van der Waals surface area contributed by atoms with Crippen molar-refractivity contribution in [2.75, 3.05) is 0 Å². The van der Waals surface area contributed by atoms with Crippen LogP contribution in [-0.2, 0) is 4.52 Å². The quantitative estimate of drug-likeness (QED) is 0.447. The summed E-state index contributed by atoms with van der Waals surface area (Å²) in [6, 6.07) is 10.2. The molecular weight excluding hydrogens is 162 g/mol. The van der Waals surface area contributed by atoms with Gasteiger partial charge in [-0.2, -0.15) is 5.30 Å². The Labute approximate surface area is 87.9 Å². The minimum absolute atomic E-state index is 0. The zero-order valence-electron chi connectivity index (χ0n) is 7.82. The van der Waals surface area contributed by atoms with Gasteiger partial charge in [-0.1, -0.05) is 30.3 Å². The summed E-state index contributed by atoms with van der Waals surface area (Å²) in [5.41, 5.74) is 0. The van der Waals surface area contributed by atoms with Crippen molar-refractivity contribution in [3.8, 4) is 0 Å². The van der Waals surface area contributed by atoms with Crippen molar-refractivity contribution < 1.29 is 23.4 Å². The van der Waals surface area contributed by atoms with Crippen LogP contribution >= 0.6 is 8.81 Å². The molecule has 1 aromatic carbocycles. The Kier molecular flexibility index (Phi) is 6.81. The molecule has 0 fully saturated rings. The normalized spacial score (nSPS) is 10.6. The first-order chi connectivity index (χ1) is 5.29. The maximum atomic E-state index is 5.40. The molecule has 0 radical (unpaired) electrons. The van der Waals surface area contributed by atoms with E-state index in [1.54, 1.807) is 0 Å². The Hall–Kier alpha value is 0.207. The van der Waals surface area contributed by atoms with Gasteiger partial charge in [-0.05, 0) is 13.8 Å². The Morgan fingerprint density at radius 2 is 1.75 bits per heavy atom. The molecule has 0 aliphatic heterocycles. The third-order valence-electron chi connectivity index (χ3n) is 1.13. The van der Waals surface area contributed by atoms with Crippen LogP contribution in [0.25, 0.3) is 0 Å². The summed E-state index contributed by atoms with van der Waals surface area (Å²) in [6.45, 7) is 4.08. The number of rotatable bonds is 3. The van der Waals surface area contributed by atoms with E-state index in [0.717, 1.165) is 8.81 Å². The summed E-state index contributed by atoms with van der Waals surface area (Å²) in [6.07, 6.45) is 0.303. The zero-order chi connectivity index (χ0) is 8.10. The second-order valence-electron chi connectivity index (χ2n) is 2.58. The molecule has 0 N–H and O–H groups in total. The van der Waals surface area contributed by atoms with Gasteiger partial charge in [0.15, 0.2) is 0 Å². The molecule has 60 valence electrons. The van der Waals surface area contributed by atoms with Gasteiger partial charge in [0.05, 0.1) is 0 Å². The average molecular weight is 174 g/mol. The van der Waals surface area contributed by atoms with Gasteiger partial charge < -0.3 is 13.3 Å². The van der Waals surface area contributed by atoms with E-state index in [-0.39, 0.29) is 18.9 Å². The van der Waals surface area contributed by atoms with Gasteiger partial charge in [-0.25, -0.2) is 0 Å². The number of hydrogen-bond acceptors (Lipinski definition) is 1. The standard InChI is InChI=1S/C9H12OP.Li/c1-8(2)10-11-9-6-4-3-5-7-9;/h3-8H,1-2H3;/q-1;+1. The predicted molar refractivity (Wildman–Crippen MR) is 49.2 cm³/mol. The van der Waals surface area contributed by atoms with Crippen molar-refractivity contribution in [3.63, 3.8) is 0 Å². The van der Waals surface area contributed by atoms with Crippen LogP contribution in [0.4, 0.5) is 0 Å². The van der Waals surface area contributed by atoms with Gasteiger partial charge in [-0.15, -0.1) is 0 Å². The Bertz CT molecular complexity index is 201. The molecule has 0 unspecified atom stereocenters. The Morgan fingerprint density at radius 3 is 2.25 bits per heavy atom. The fraction of sp³-hybridized carbons (Fsp3) is 0.333. The molecule has 0 bridgehead atoms. The molecule has 0 spiro atoms. The molecule has 0 amide bonds. The largest absolute Gasteiger partial charge is 1.00 e. The Morgan fingerprint density at radius 1 is 1.17 bits per heavy atom. The van der Waals surface area contributed by atoms with E-state index in [1.165, 1.54) is 5.30 Å². The maximum Gasteiger partial charge on any atom is 1.00 e. The topological polar surface area (TPSA) is 9.23 Å². The summed E-state index contributed by atoms with van der Waals surface area (Å²) >= 11 is 0. The van der Waals surface area contributed by atoms with Crippen LogP contribution in [0.3, 0.4) is 0 Å². The number of hydrogen-bond donors (Lipinski definition) is 0. The molecule has 1 nitrogen and oxygen atoms in total. The SMILES string of the molecule is CC(C)O[P-]c1ccccc1.[Li+]. The first kappa shape index (κ1) is 12.2. The maximum absolute atomic E-state index is 5.40. The van der Waals surface area contributed by atoms with Gasteiger partial charge in [0.25, 0.3) is 0 Å². The first-order valence-electron chi connectivity index (χ1n) is 3.71. The van der Waals surface area contributed by atoms with E-state index in [0.29, 0.717) is 6.10 Å². The molecule has 0 saturated heterocycles. The third-order valence-corrected chi connectivity index (χ3v) is 2.16. The van der Waals surface area contributed by atoms with Crippen LogP contribution in [0.1, 0.15) is 13.8 Å². The molecule has 3 heteroatoms. The molecule has 0 aliphatic rings. The van der Waals surface area contributed by atoms with Crippen molar-refractivity contribution in [1.29, 1.82) is 0 Å². The molecule has 0 aliphatic carbocycles. The summed E-state index contributed by atoms with van der Waals surface area (Å²) in [5, 5.41) is 1.21. The smallest absolute Gasteiger partial charge is 0.551 e. The van der Waals surface area contributed by atoms with Gasteiger partial charge in [-0.3, -0.25) is 0 Å². The van der Waals surface area contributed by atoms with Crippen LogP contribution in [-0.4, -0.2) is 6.10 Å². The molecule has 12 heavy (non-hydrogen) atoms. The molecule has 1 rings (SSSR count). The molecule has 0 aromatic heterocycles. The summed E-state index contributed by atoms with van der Waals surface area (Å²) in [7, 11) is 0.957. The fourth-order valence-corrected chi connectivity index (χ4v) is 1.28. The van der Waals surface area contributed by atoms with Crippen molar-refractivity contribution in [1.82, 2.24) is 0 Å².